The molecule has 0 aliphatic rings. The van der Waals surface area contributed by atoms with E-state index in [1.54, 1.807) is 6.92 Å². The molecule has 0 heterocycles. The van der Waals surface area contributed by atoms with Crippen LogP contribution in [0.2, 0.25) is 0 Å². The van der Waals surface area contributed by atoms with Gasteiger partial charge in [-0.1, -0.05) is 13.8 Å². The third-order valence-electron chi connectivity index (χ3n) is 3.65. The van der Waals surface area contributed by atoms with Crippen LogP contribution in [0.15, 0.2) is 0 Å². The number of nitrogens with one attached hydrogen (secondary N) is 1. The molecule has 0 aromatic rings. The molecule has 17 heavy (non-hydrogen) atoms. The number of thiol groups is 1. The van der Waals surface area contributed by atoms with Crippen molar-refractivity contribution in [3.63, 3.8) is 0 Å². The van der Waals surface area contributed by atoms with E-state index < -0.39 is 11.6 Å². The predicted molar refractivity (Wildman–Crippen MR) is 72.1 cm³/mol. The Morgan fingerprint density at radius 2 is 1.88 bits per heavy atom. The van der Waals surface area contributed by atoms with Gasteiger partial charge < -0.3 is 14.2 Å². The first-order valence-corrected chi connectivity index (χ1v) is 6.42. The van der Waals surface area contributed by atoms with E-state index in [9.17, 15) is 4.79 Å². The molecule has 0 bridgehead atoms. The van der Waals surface area contributed by atoms with Crippen molar-refractivity contribution in [1.29, 1.82) is 0 Å². The molecule has 1 N–H and O–H groups in total. The number of hydrogen-bond acceptors (Lipinski definition) is 5. The Morgan fingerprint density at radius 3 is 2.24 bits per heavy atom. The summed E-state index contributed by atoms with van der Waals surface area (Å²) in [7, 11) is 1.94. The summed E-state index contributed by atoms with van der Waals surface area (Å²) in [4.78, 5) is 11.5. The SMILES string of the molecule is CCC(C)(CCOC(C)(CC)C(=O)OS)NC. The number of carbonyl (C=O) groups is 1. The van der Waals surface area contributed by atoms with Crippen molar-refractivity contribution in [3.8, 4) is 0 Å². The van der Waals surface area contributed by atoms with Crippen LogP contribution in [0.1, 0.15) is 47.0 Å². The van der Waals surface area contributed by atoms with E-state index in [4.69, 9.17) is 4.74 Å². The van der Waals surface area contributed by atoms with E-state index in [0.717, 1.165) is 12.8 Å². The molecule has 0 spiro atoms. The summed E-state index contributed by atoms with van der Waals surface area (Å²) in [6, 6.07) is 0. The minimum absolute atomic E-state index is 0.0412. The van der Waals surface area contributed by atoms with Gasteiger partial charge in [0, 0.05) is 25.1 Å². The summed E-state index contributed by atoms with van der Waals surface area (Å²) in [5, 5.41) is 3.26. The van der Waals surface area contributed by atoms with Crippen molar-refractivity contribution >= 4 is 18.9 Å². The first kappa shape index (κ1) is 16.7. The van der Waals surface area contributed by atoms with Crippen LogP contribution in [0.4, 0.5) is 0 Å². The first-order chi connectivity index (χ1) is 7.87. The third-order valence-corrected chi connectivity index (χ3v) is 3.81. The number of hydrogen-bond donors (Lipinski definition) is 2. The Balaban J connectivity index is 4.30. The topological polar surface area (TPSA) is 47.6 Å². The molecule has 5 heteroatoms. The van der Waals surface area contributed by atoms with Crippen LogP contribution >= 0.6 is 12.9 Å². The molecule has 2 atom stereocenters. The highest BCUT2D eigenvalue weighted by Gasteiger charge is 2.34. The second kappa shape index (κ2) is 7.24. The molecule has 0 aliphatic heterocycles. The number of rotatable bonds is 8. The lowest BCUT2D eigenvalue weighted by Gasteiger charge is -2.31. The zero-order valence-corrected chi connectivity index (χ0v) is 12.4. The van der Waals surface area contributed by atoms with E-state index in [-0.39, 0.29) is 5.54 Å². The Kier molecular flexibility index (Phi) is 7.13. The summed E-state index contributed by atoms with van der Waals surface area (Å²) < 4.78 is 10.1. The summed E-state index contributed by atoms with van der Waals surface area (Å²) in [6.07, 6.45) is 2.41. The smallest absolute Gasteiger partial charge is 0.349 e. The summed E-state index contributed by atoms with van der Waals surface area (Å²) >= 11 is 3.54. The van der Waals surface area contributed by atoms with Crippen molar-refractivity contribution in [2.45, 2.75) is 58.1 Å². The molecule has 0 saturated carbocycles. The Morgan fingerprint density at radius 1 is 1.29 bits per heavy atom. The first-order valence-electron chi connectivity index (χ1n) is 6.06. The van der Waals surface area contributed by atoms with Crippen molar-refractivity contribution in [3.05, 3.63) is 0 Å². The van der Waals surface area contributed by atoms with Crippen molar-refractivity contribution < 1.29 is 13.7 Å². The minimum atomic E-state index is -0.899. The van der Waals surface area contributed by atoms with E-state index in [0.29, 0.717) is 13.0 Å². The largest absolute Gasteiger partial charge is 0.393 e. The fourth-order valence-corrected chi connectivity index (χ4v) is 1.58. The molecule has 2 unspecified atom stereocenters. The van der Waals surface area contributed by atoms with Gasteiger partial charge in [-0.3, -0.25) is 0 Å². The molecule has 102 valence electrons. The second-order valence-electron chi connectivity index (χ2n) is 4.73. The van der Waals surface area contributed by atoms with Gasteiger partial charge in [0.1, 0.15) is 0 Å². The molecule has 0 fully saturated rings. The predicted octanol–water partition coefficient (Wildman–Crippen LogP) is 2.34. The van der Waals surface area contributed by atoms with Gasteiger partial charge >= 0.3 is 5.97 Å². The molecule has 0 amide bonds. The van der Waals surface area contributed by atoms with Gasteiger partial charge in [-0.05, 0) is 40.2 Å². The molecule has 0 saturated heterocycles. The summed E-state index contributed by atoms with van der Waals surface area (Å²) in [6.45, 7) is 8.39. The van der Waals surface area contributed by atoms with Crippen LogP contribution in [0.3, 0.4) is 0 Å². The van der Waals surface area contributed by atoms with Gasteiger partial charge in [0.05, 0.1) is 0 Å². The highest BCUT2D eigenvalue weighted by molar-refractivity contribution is 7.75. The average Bonchev–Trinajstić information content (AvgIpc) is 2.37. The quantitative estimate of drug-likeness (QED) is 0.521. The third kappa shape index (κ3) is 4.85. The van der Waals surface area contributed by atoms with Gasteiger partial charge in [-0.15, -0.1) is 0 Å². The van der Waals surface area contributed by atoms with Crippen molar-refractivity contribution in [2.24, 2.45) is 0 Å². The normalized spacial score (nSPS) is 18.2. The molecule has 4 nitrogen and oxygen atoms in total. The van der Waals surface area contributed by atoms with E-state index in [1.165, 1.54) is 0 Å². The lowest BCUT2D eigenvalue weighted by Crippen LogP contribution is -2.43. The molecule has 0 radical (unpaired) electrons. The second-order valence-corrected chi connectivity index (χ2v) is 4.91. The molecular formula is C12H25NO3S. The highest BCUT2D eigenvalue weighted by atomic mass is 32.1. The number of carbonyl (C=O) groups excluding carboxylic acids is 1. The van der Waals surface area contributed by atoms with E-state index in [2.05, 4.69) is 36.3 Å². The monoisotopic (exact) mass is 263 g/mol. The van der Waals surface area contributed by atoms with Gasteiger partial charge in [-0.2, -0.15) is 0 Å². The lowest BCUT2D eigenvalue weighted by atomic mass is 9.95. The maximum absolute atomic E-state index is 11.5. The van der Waals surface area contributed by atoms with Crippen LogP contribution in [-0.2, 0) is 13.7 Å². The summed E-state index contributed by atoms with van der Waals surface area (Å²) in [5.74, 6) is -0.439. The van der Waals surface area contributed by atoms with Crippen LogP contribution in [0.5, 0.6) is 0 Å². The summed E-state index contributed by atoms with van der Waals surface area (Å²) in [5.41, 5.74) is -0.857. The zero-order chi connectivity index (χ0) is 13.5. The van der Waals surface area contributed by atoms with Crippen LogP contribution in [0, 0.1) is 0 Å². The van der Waals surface area contributed by atoms with Crippen LogP contribution in [-0.4, -0.2) is 30.8 Å². The highest BCUT2D eigenvalue weighted by Crippen LogP contribution is 2.21. The Bertz CT molecular complexity index is 244. The maximum atomic E-state index is 11.5. The fourth-order valence-electron chi connectivity index (χ4n) is 1.38. The molecule has 0 aromatic carbocycles. The molecule has 0 aromatic heterocycles. The standard InChI is InChI=1S/C12H25NO3S/c1-6-11(3,13-5)8-9-15-12(4,7-2)10(14)16-17/h13,17H,6-9H2,1-5H3. The average molecular weight is 263 g/mol. The number of ether oxygens (including phenoxy) is 1. The van der Waals surface area contributed by atoms with E-state index >= 15 is 0 Å². The van der Waals surface area contributed by atoms with Gasteiger partial charge in [0.25, 0.3) is 0 Å². The maximum Gasteiger partial charge on any atom is 0.349 e. The Labute approximate surface area is 110 Å². The van der Waals surface area contributed by atoms with Gasteiger partial charge in [0.15, 0.2) is 5.60 Å². The Hall–Kier alpha value is -0.260. The molecular weight excluding hydrogens is 238 g/mol. The van der Waals surface area contributed by atoms with E-state index in [1.807, 2.05) is 14.0 Å². The fraction of sp³-hybridized carbons (Fsp3) is 0.917. The van der Waals surface area contributed by atoms with Gasteiger partial charge in [0.2, 0.25) is 0 Å². The molecule has 0 rings (SSSR count). The minimum Gasteiger partial charge on any atom is -0.393 e. The van der Waals surface area contributed by atoms with Gasteiger partial charge in [-0.25, -0.2) is 4.79 Å². The zero-order valence-electron chi connectivity index (χ0n) is 11.5. The van der Waals surface area contributed by atoms with Crippen LogP contribution in [0.25, 0.3) is 0 Å². The van der Waals surface area contributed by atoms with Crippen molar-refractivity contribution in [1.82, 2.24) is 5.32 Å². The van der Waals surface area contributed by atoms with Crippen LogP contribution < -0.4 is 5.32 Å². The molecule has 0 aliphatic carbocycles. The van der Waals surface area contributed by atoms with Crippen molar-refractivity contribution in [2.75, 3.05) is 13.7 Å². The lowest BCUT2D eigenvalue weighted by molar-refractivity contribution is -0.160.